The quantitative estimate of drug-likeness (QED) is 0.884. The largest absolute Gasteiger partial charge is 0.489 e. The van der Waals surface area contributed by atoms with Crippen molar-refractivity contribution in [2.45, 2.75) is 13.0 Å². The molecule has 1 aromatic heterocycles. The zero-order chi connectivity index (χ0) is 15.0. The second-order valence-electron chi connectivity index (χ2n) is 4.84. The summed E-state index contributed by atoms with van der Waals surface area (Å²) in [6.07, 6.45) is 0. The first-order valence-corrected chi connectivity index (χ1v) is 8.25. The van der Waals surface area contributed by atoms with E-state index in [4.69, 9.17) is 4.74 Å². The van der Waals surface area contributed by atoms with E-state index >= 15 is 0 Å². The van der Waals surface area contributed by atoms with E-state index in [9.17, 15) is 9.90 Å². The molecular formula is C15H14BrNO3S. The lowest BCUT2D eigenvalue weighted by molar-refractivity contribution is 0.0692. The van der Waals surface area contributed by atoms with Gasteiger partial charge in [-0.05, 0) is 41.1 Å². The Hall–Kier alpha value is -1.53. The second kappa shape index (κ2) is 5.69. The normalized spacial score (nSPS) is 15.2. The molecule has 0 radical (unpaired) electrons. The maximum Gasteiger partial charge on any atom is 0.339 e. The molecule has 1 aliphatic rings. The van der Waals surface area contributed by atoms with Gasteiger partial charge >= 0.3 is 5.97 Å². The molecule has 1 atom stereocenters. The van der Waals surface area contributed by atoms with Crippen LogP contribution in [-0.2, 0) is 0 Å². The number of ether oxygens (including phenoxy) is 1. The topological polar surface area (TPSA) is 49.8 Å². The summed E-state index contributed by atoms with van der Waals surface area (Å²) in [4.78, 5) is 14.7. The van der Waals surface area contributed by atoms with Crippen LogP contribution >= 0.6 is 27.3 Å². The Balaban J connectivity index is 2.01. The molecule has 6 heteroatoms. The number of benzene rings is 1. The van der Waals surface area contributed by atoms with Crippen molar-refractivity contribution < 1.29 is 14.6 Å². The Morgan fingerprint density at radius 1 is 1.52 bits per heavy atom. The van der Waals surface area contributed by atoms with Crippen LogP contribution in [0, 0.1) is 0 Å². The number of anilines is 1. The molecule has 1 unspecified atom stereocenters. The van der Waals surface area contributed by atoms with E-state index in [1.165, 1.54) is 4.88 Å². The van der Waals surface area contributed by atoms with E-state index < -0.39 is 5.97 Å². The molecule has 4 nitrogen and oxygen atoms in total. The van der Waals surface area contributed by atoms with Gasteiger partial charge in [-0.25, -0.2) is 4.79 Å². The van der Waals surface area contributed by atoms with E-state index in [2.05, 4.69) is 39.2 Å². The molecule has 0 saturated carbocycles. The van der Waals surface area contributed by atoms with Gasteiger partial charge in [0.25, 0.3) is 0 Å². The first-order chi connectivity index (χ1) is 10.1. The maximum atomic E-state index is 11.3. The highest BCUT2D eigenvalue weighted by Crippen LogP contribution is 2.40. The van der Waals surface area contributed by atoms with E-state index in [1.54, 1.807) is 23.5 Å². The number of hydrogen-bond acceptors (Lipinski definition) is 4. The fourth-order valence-corrected chi connectivity index (χ4v) is 4.06. The molecule has 0 bridgehead atoms. The Bertz CT molecular complexity index is 685. The van der Waals surface area contributed by atoms with Gasteiger partial charge in [0.05, 0.1) is 18.3 Å². The Morgan fingerprint density at radius 2 is 2.33 bits per heavy atom. The molecule has 2 heterocycles. The number of thiophene rings is 1. The first kappa shape index (κ1) is 14.4. The van der Waals surface area contributed by atoms with Crippen LogP contribution in [0.4, 0.5) is 5.69 Å². The summed E-state index contributed by atoms with van der Waals surface area (Å²) < 4.78 is 6.68. The fourth-order valence-electron chi connectivity index (χ4n) is 2.54. The van der Waals surface area contributed by atoms with Crippen molar-refractivity contribution in [1.29, 1.82) is 0 Å². The zero-order valence-electron chi connectivity index (χ0n) is 11.4. The van der Waals surface area contributed by atoms with Gasteiger partial charge in [-0.3, -0.25) is 0 Å². The highest BCUT2D eigenvalue weighted by Gasteiger charge is 2.27. The number of carbonyl (C=O) groups is 1. The van der Waals surface area contributed by atoms with Crippen molar-refractivity contribution in [1.82, 2.24) is 0 Å². The molecule has 21 heavy (non-hydrogen) atoms. The van der Waals surface area contributed by atoms with Gasteiger partial charge in [0.15, 0.2) is 5.75 Å². The molecule has 0 saturated heterocycles. The minimum absolute atomic E-state index is 0.174. The standard InChI is InChI=1S/C15H14BrNO3S/c1-9(13-7-10(16)8-21-13)17-5-6-20-14-11(15(18)19)3-2-4-12(14)17/h2-4,7-9H,5-6H2,1H3,(H,18,19). The number of carboxylic acid groups (broad SMARTS) is 1. The lowest BCUT2D eigenvalue weighted by atomic mass is 10.1. The lowest BCUT2D eigenvalue weighted by Crippen LogP contribution is -2.35. The van der Waals surface area contributed by atoms with Gasteiger partial charge in [0.1, 0.15) is 12.2 Å². The van der Waals surface area contributed by atoms with Crippen molar-refractivity contribution >= 4 is 38.9 Å². The average molecular weight is 368 g/mol. The molecule has 0 aliphatic carbocycles. The number of hydrogen-bond donors (Lipinski definition) is 1. The number of rotatable bonds is 3. The Morgan fingerprint density at radius 3 is 3.00 bits per heavy atom. The Labute approximate surface area is 135 Å². The molecule has 2 aromatic rings. The van der Waals surface area contributed by atoms with Gasteiger partial charge in [-0.15, -0.1) is 11.3 Å². The molecule has 0 fully saturated rings. The van der Waals surface area contributed by atoms with Crippen molar-refractivity contribution in [3.05, 3.63) is 44.6 Å². The second-order valence-corrected chi connectivity index (χ2v) is 6.70. The fraction of sp³-hybridized carbons (Fsp3) is 0.267. The third-order valence-electron chi connectivity index (χ3n) is 3.58. The van der Waals surface area contributed by atoms with Crippen molar-refractivity contribution in [3.8, 4) is 5.75 Å². The number of fused-ring (bicyclic) bond motifs is 1. The third kappa shape index (κ3) is 2.65. The highest BCUT2D eigenvalue weighted by molar-refractivity contribution is 9.10. The van der Waals surface area contributed by atoms with Crippen LogP contribution in [0.25, 0.3) is 0 Å². The van der Waals surface area contributed by atoms with Crippen LogP contribution in [0.15, 0.2) is 34.1 Å². The summed E-state index contributed by atoms with van der Waals surface area (Å²) in [5.41, 5.74) is 1.06. The predicted molar refractivity (Wildman–Crippen MR) is 86.7 cm³/mol. The Kier molecular flexibility index (Phi) is 3.91. The number of halogens is 1. The van der Waals surface area contributed by atoms with Crippen LogP contribution < -0.4 is 9.64 Å². The molecular weight excluding hydrogens is 354 g/mol. The van der Waals surface area contributed by atoms with Crippen LogP contribution in [0.1, 0.15) is 28.2 Å². The van der Waals surface area contributed by atoms with E-state index in [0.717, 1.165) is 16.7 Å². The van der Waals surface area contributed by atoms with Crippen molar-refractivity contribution in [3.63, 3.8) is 0 Å². The number of para-hydroxylation sites is 1. The highest BCUT2D eigenvalue weighted by atomic mass is 79.9. The summed E-state index contributed by atoms with van der Waals surface area (Å²) >= 11 is 5.17. The summed E-state index contributed by atoms with van der Waals surface area (Å²) in [6, 6.07) is 7.54. The van der Waals surface area contributed by atoms with Crippen LogP contribution in [0.2, 0.25) is 0 Å². The predicted octanol–water partition coefficient (Wildman–Crippen LogP) is 4.17. The smallest absolute Gasteiger partial charge is 0.339 e. The van der Waals surface area contributed by atoms with E-state index in [0.29, 0.717) is 12.4 Å². The average Bonchev–Trinajstić information content (AvgIpc) is 2.91. The van der Waals surface area contributed by atoms with Crippen LogP contribution in [0.5, 0.6) is 5.75 Å². The molecule has 1 aromatic carbocycles. The molecule has 0 spiro atoms. The molecule has 3 rings (SSSR count). The van der Waals surface area contributed by atoms with Crippen molar-refractivity contribution in [2.75, 3.05) is 18.1 Å². The van der Waals surface area contributed by atoms with Crippen LogP contribution in [-0.4, -0.2) is 24.2 Å². The number of aromatic carboxylic acids is 1. The molecule has 1 aliphatic heterocycles. The first-order valence-electron chi connectivity index (χ1n) is 6.57. The number of nitrogens with zero attached hydrogens (tertiary/aromatic N) is 1. The summed E-state index contributed by atoms with van der Waals surface area (Å²) in [7, 11) is 0. The van der Waals surface area contributed by atoms with Crippen LogP contribution in [0.3, 0.4) is 0 Å². The summed E-state index contributed by atoms with van der Waals surface area (Å²) in [5, 5.41) is 11.3. The zero-order valence-corrected chi connectivity index (χ0v) is 13.8. The lowest BCUT2D eigenvalue weighted by Gasteiger charge is -2.36. The SMILES string of the molecule is CC(c1cc(Br)cs1)N1CCOc2c(C(=O)O)cccc21. The van der Waals surface area contributed by atoms with Gasteiger partial charge < -0.3 is 14.7 Å². The van der Waals surface area contributed by atoms with Gasteiger partial charge in [-0.2, -0.15) is 0 Å². The molecule has 0 amide bonds. The van der Waals surface area contributed by atoms with Gasteiger partial charge in [0.2, 0.25) is 0 Å². The third-order valence-corrected chi connectivity index (χ3v) is 5.44. The van der Waals surface area contributed by atoms with Crippen molar-refractivity contribution in [2.24, 2.45) is 0 Å². The monoisotopic (exact) mass is 367 g/mol. The van der Waals surface area contributed by atoms with E-state index in [1.807, 2.05) is 6.07 Å². The van der Waals surface area contributed by atoms with Gasteiger partial charge in [0, 0.05) is 14.7 Å². The summed E-state index contributed by atoms with van der Waals surface area (Å²) in [6.45, 7) is 3.36. The number of carboxylic acids is 1. The van der Waals surface area contributed by atoms with Gasteiger partial charge in [-0.1, -0.05) is 6.07 Å². The van der Waals surface area contributed by atoms with E-state index in [-0.39, 0.29) is 11.6 Å². The maximum absolute atomic E-state index is 11.3. The minimum atomic E-state index is -0.958. The minimum Gasteiger partial charge on any atom is -0.489 e. The molecule has 110 valence electrons. The summed E-state index contributed by atoms with van der Waals surface area (Å²) in [5.74, 6) is -0.487. The molecule has 1 N–H and O–H groups in total.